The van der Waals surface area contributed by atoms with Gasteiger partial charge in [-0.2, -0.15) is 0 Å². The molecule has 1 saturated carbocycles. The van der Waals surface area contributed by atoms with E-state index in [2.05, 4.69) is 10.2 Å². The summed E-state index contributed by atoms with van der Waals surface area (Å²) in [6.45, 7) is 1.09. The van der Waals surface area contributed by atoms with Crippen LogP contribution in [-0.4, -0.2) is 42.3 Å². The van der Waals surface area contributed by atoms with Crippen LogP contribution in [0.4, 0.5) is 5.82 Å². The van der Waals surface area contributed by atoms with Crippen LogP contribution in [0.15, 0.2) is 6.07 Å². The minimum absolute atomic E-state index is 0.111. The lowest BCUT2D eigenvalue weighted by molar-refractivity contribution is -0.152. The number of ether oxygens (including phenoxy) is 1. The van der Waals surface area contributed by atoms with Crippen LogP contribution in [0.5, 0.6) is 0 Å². The highest BCUT2D eigenvalue weighted by atomic mass is 35.5. The molecule has 0 bridgehead atoms. The number of anilines is 1. The first-order valence-electron chi connectivity index (χ1n) is 7.14. The average Bonchev–Trinajstić information content (AvgIpc) is 3.04. The summed E-state index contributed by atoms with van der Waals surface area (Å²) < 4.78 is 5.01. The average molecular weight is 325 g/mol. The van der Waals surface area contributed by atoms with Crippen molar-refractivity contribution in [3.05, 3.63) is 16.8 Å². The third kappa shape index (κ3) is 2.20. The van der Waals surface area contributed by atoms with E-state index in [1.807, 2.05) is 4.90 Å². The van der Waals surface area contributed by atoms with Crippen LogP contribution in [0.2, 0.25) is 5.15 Å². The van der Waals surface area contributed by atoms with Crippen LogP contribution < -0.4 is 10.6 Å². The lowest BCUT2D eigenvalue weighted by Gasteiger charge is -2.25. The maximum absolute atomic E-state index is 12.3. The molecule has 0 spiro atoms. The summed E-state index contributed by atoms with van der Waals surface area (Å²) in [5.41, 5.74) is 5.10. The minimum Gasteiger partial charge on any atom is -0.469 e. The van der Waals surface area contributed by atoms with Gasteiger partial charge in [-0.1, -0.05) is 18.0 Å². The smallest absolute Gasteiger partial charge is 0.313 e. The highest BCUT2D eigenvalue weighted by Gasteiger charge is 2.56. The minimum atomic E-state index is -0.615. The van der Waals surface area contributed by atoms with E-state index in [0.29, 0.717) is 18.9 Å². The SMILES string of the molecule is COC(=O)C12CCCC1CN(c1nnc(Cl)cc1C(N)=O)C2. The molecule has 8 heteroatoms. The first-order chi connectivity index (χ1) is 10.5. The quantitative estimate of drug-likeness (QED) is 0.833. The predicted octanol–water partition coefficient (Wildman–Crippen LogP) is 1.01. The van der Waals surface area contributed by atoms with E-state index >= 15 is 0 Å². The molecule has 118 valence electrons. The number of halogens is 1. The van der Waals surface area contributed by atoms with E-state index in [1.54, 1.807) is 0 Å². The Morgan fingerprint density at radius 1 is 1.50 bits per heavy atom. The Morgan fingerprint density at radius 3 is 2.95 bits per heavy atom. The number of nitrogens with zero attached hydrogens (tertiary/aromatic N) is 3. The molecular weight excluding hydrogens is 308 g/mol. The molecule has 7 nitrogen and oxygen atoms in total. The van der Waals surface area contributed by atoms with E-state index in [0.717, 1.165) is 19.3 Å². The lowest BCUT2D eigenvalue weighted by atomic mass is 9.81. The maximum atomic E-state index is 12.3. The van der Waals surface area contributed by atoms with Crippen molar-refractivity contribution in [1.82, 2.24) is 10.2 Å². The third-order valence-corrected chi connectivity index (χ3v) is 4.96. The van der Waals surface area contributed by atoms with Crippen LogP contribution in [0, 0.1) is 11.3 Å². The number of aromatic nitrogens is 2. The topological polar surface area (TPSA) is 98.4 Å². The summed E-state index contributed by atoms with van der Waals surface area (Å²) >= 11 is 5.79. The van der Waals surface area contributed by atoms with Gasteiger partial charge < -0.3 is 15.4 Å². The summed E-state index contributed by atoms with van der Waals surface area (Å²) in [6.07, 6.45) is 2.74. The highest BCUT2D eigenvalue weighted by molar-refractivity contribution is 6.29. The molecule has 1 aliphatic carbocycles. The maximum Gasteiger partial charge on any atom is 0.313 e. The summed E-state index contributed by atoms with van der Waals surface area (Å²) in [5.74, 6) is -0.233. The number of fused-ring (bicyclic) bond motifs is 1. The van der Waals surface area contributed by atoms with Crippen molar-refractivity contribution in [1.29, 1.82) is 0 Å². The molecule has 3 rings (SSSR count). The van der Waals surface area contributed by atoms with E-state index < -0.39 is 11.3 Å². The Labute approximate surface area is 132 Å². The van der Waals surface area contributed by atoms with Crippen molar-refractivity contribution in [2.45, 2.75) is 19.3 Å². The molecule has 1 saturated heterocycles. The molecule has 2 unspecified atom stereocenters. The molecule has 0 radical (unpaired) electrons. The van der Waals surface area contributed by atoms with Crippen LogP contribution in [0.1, 0.15) is 29.6 Å². The Kier molecular flexibility index (Phi) is 3.68. The van der Waals surface area contributed by atoms with E-state index in [-0.39, 0.29) is 22.6 Å². The van der Waals surface area contributed by atoms with Gasteiger partial charge in [0.05, 0.1) is 18.1 Å². The summed E-state index contributed by atoms with van der Waals surface area (Å²) in [7, 11) is 1.41. The molecule has 1 aromatic heterocycles. The van der Waals surface area contributed by atoms with E-state index in [9.17, 15) is 9.59 Å². The number of primary amides is 1. The van der Waals surface area contributed by atoms with Crippen molar-refractivity contribution < 1.29 is 14.3 Å². The largest absolute Gasteiger partial charge is 0.469 e. The van der Waals surface area contributed by atoms with Gasteiger partial charge in [0.25, 0.3) is 5.91 Å². The number of hydrogen-bond acceptors (Lipinski definition) is 6. The van der Waals surface area contributed by atoms with Gasteiger partial charge in [0, 0.05) is 13.1 Å². The molecule has 2 atom stereocenters. The molecule has 1 aromatic rings. The number of hydrogen-bond donors (Lipinski definition) is 1. The zero-order valence-corrected chi connectivity index (χ0v) is 13.0. The number of carbonyl (C=O) groups is 2. The third-order valence-electron chi connectivity index (χ3n) is 4.77. The van der Waals surface area contributed by atoms with Crippen LogP contribution in [0.25, 0.3) is 0 Å². The second kappa shape index (κ2) is 5.39. The zero-order valence-electron chi connectivity index (χ0n) is 12.2. The van der Waals surface area contributed by atoms with E-state index in [1.165, 1.54) is 13.2 Å². The Balaban J connectivity index is 1.96. The van der Waals surface area contributed by atoms with Crippen LogP contribution in [-0.2, 0) is 9.53 Å². The number of esters is 1. The molecule has 1 amide bonds. The Morgan fingerprint density at radius 2 is 2.27 bits per heavy atom. The van der Waals surface area contributed by atoms with Gasteiger partial charge in [0.2, 0.25) is 0 Å². The molecule has 1 aliphatic heterocycles. The summed E-state index contributed by atoms with van der Waals surface area (Å²) in [4.78, 5) is 25.8. The second-order valence-corrected chi connectivity index (χ2v) is 6.27. The fourth-order valence-electron chi connectivity index (χ4n) is 3.76. The number of rotatable bonds is 3. The zero-order chi connectivity index (χ0) is 15.9. The predicted molar refractivity (Wildman–Crippen MR) is 79.6 cm³/mol. The van der Waals surface area contributed by atoms with Gasteiger partial charge in [0.15, 0.2) is 11.0 Å². The lowest BCUT2D eigenvalue weighted by Crippen LogP contribution is -2.37. The summed E-state index contributed by atoms with van der Waals surface area (Å²) in [6, 6.07) is 1.41. The highest BCUT2D eigenvalue weighted by Crippen LogP contribution is 2.50. The fourth-order valence-corrected chi connectivity index (χ4v) is 3.91. The number of carbonyl (C=O) groups excluding carboxylic acids is 2. The van der Waals surface area contributed by atoms with Crippen molar-refractivity contribution in [3.8, 4) is 0 Å². The number of amides is 1. The van der Waals surface area contributed by atoms with Gasteiger partial charge in [-0.15, -0.1) is 10.2 Å². The van der Waals surface area contributed by atoms with Crippen molar-refractivity contribution >= 4 is 29.3 Å². The molecular formula is C14H17ClN4O3. The first kappa shape index (κ1) is 15.0. The van der Waals surface area contributed by atoms with Crippen molar-refractivity contribution in [2.24, 2.45) is 17.1 Å². The van der Waals surface area contributed by atoms with E-state index in [4.69, 9.17) is 22.1 Å². The van der Waals surface area contributed by atoms with Crippen molar-refractivity contribution in [2.75, 3.05) is 25.1 Å². The number of nitrogens with two attached hydrogens (primary N) is 1. The van der Waals surface area contributed by atoms with Gasteiger partial charge in [-0.25, -0.2) is 0 Å². The van der Waals surface area contributed by atoms with Gasteiger partial charge in [-0.3, -0.25) is 9.59 Å². The molecule has 2 N–H and O–H groups in total. The van der Waals surface area contributed by atoms with Crippen LogP contribution >= 0.6 is 11.6 Å². The fraction of sp³-hybridized carbons (Fsp3) is 0.571. The first-order valence-corrected chi connectivity index (χ1v) is 7.52. The molecule has 2 heterocycles. The standard InChI is InChI=1S/C14H17ClN4O3/c1-22-13(21)14-4-2-3-8(14)6-19(7-14)12-9(11(16)20)5-10(15)17-18-12/h5,8H,2-4,6-7H2,1H3,(H2,16,20). The molecule has 2 fully saturated rings. The Hall–Kier alpha value is -1.89. The molecule has 2 aliphatic rings. The van der Waals surface area contributed by atoms with Gasteiger partial charge >= 0.3 is 5.97 Å². The number of methoxy groups -OCH3 is 1. The van der Waals surface area contributed by atoms with Gasteiger partial charge in [-0.05, 0) is 24.8 Å². The van der Waals surface area contributed by atoms with Gasteiger partial charge in [0.1, 0.15) is 0 Å². The normalized spacial score (nSPS) is 26.8. The summed E-state index contributed by atoms with van der Waals surface area (Å²) in [5, 5.41) is 7.93. The second-order valence-electron chi connectivity index (χ2n) is 5.89. The van der Waals surface area contributed by atoms with Crippen molar-refractivity contribution in [3.63, 3.8) is 0 Å². The molecule has 0 aromatic carbocycles. The molecule has 22 heavy (non-hydrogen) atoms. The Bertz CT molecular complexity index is 639. The van der Waals surface area contributed by atoms with Crippen LogP contribution in [0.3, 0.4) is 0 Å². The monoisotopic (exact) mass is 324 g/mol.